The van der Waals surface area contributed by atoms with Crippen molar-refractivity contribution < 1.29 is 22.6 Å². The number of ether oxygens (including phenoxy) is 2. The van der Waals surface area contributed by atoms with E-state index in [4.69, 9.17) is 9.84 Å². The summed E-state index contributed by atoms with van der Waals surface area (Å²) in [5, 5.41) is 12.1. The molecule has 4 heterocycles. The SMILES string of the molecule is CC(C)(C)n1nc([C@H]2C[CH]CO2)cc1Nc1nccn2nc(COC(F)(F)F)cc12. The zero-order valence-electron chi connectivity index (χ0n) is 16.8. The maximum absolute atomic E-state index is 12.3. The molecular weight excluding hydrogens is 401 g/mol. The minimum atomic E-state index is -4.72. The van der Waals surface area contributed by atoms with Gasteiger partial charge in [-0.05, 0) is 39.7 Å². The van der Waals surface area contributed by atoms with Gasteiger partial charge in [0.1, 0.15) is 24.0 Å². The Morgan fingerprint density at radius 2 is 2.03 bits per heavy atom. The van der Waals surface area contributed by atoms with Crippen LogP contribution >= 0.6 is 0 Å². The Bertz CT molecular complexity index is 1030. The lowest BCUT2D eigenvalue weighted by Crippen LogP contribution is -2.25. The molecule has 30 heavy (non-hydrogen) atoms. The molecule has 8 nitrogen and oxygen atoms in total. The van der Waals surface area contributed by atoms with E-state index in [9.17, 15) is 13.2 Å². The summed E-state index contributed by atoms with van der Waals surface area (Å²) in [5.74, 6) is 1.14. The van der Waals surface area contributed by atoms with Crippen LogP contribution in [0.5, 0.6) is 0 Å². The van der Waals surface area contributed by atoms with Crippen LogP contribution in [0.3, 0.4) is 0 Å². The molecule has 4 rings (SSSR count). The first-order valence-corrected chi connectivity index (χ1v) is 9.45. The Morgan fingerprint density at radius 1 is 1.23 bits per heavy atom. The number of fused-ring (bicyclic) bond motifs is 1. The van der Waals surface area contributed by atoms with Crippen LogP contribution in [0.15, 0.2) is 24.5 Å². The van der Waals surface area contributed by atoms with E-state index in [2.05, 4.69) is 26.6 Å². The van der Waals surface area contributed by atoms with Crippen LogP contribution in [-0.4, -0.2) is 37.3 Å². The van der Waals surface area contributed by atoms with Crippen LogP contribution in [0.4, 0.5) is 24.8 Å². The standard InChI is InChI=1S/C19H22F3N6O2/c1-18(2,3)28-16(10-13(26-28)15-5-4-8-29-15)24-17-14-9-12(11-30-19(20,21)22)25-27(14)7-6-23-17/h4,6-7,9-10,15H,5,8,11H2,1-3H3,(H,23,24)/t15-/m1/s1. The number of alkyl halides is 3. The summed E-state index contributed by atoms with van der Waals surface area (Å²) in [7, 11) is 0. The number of anilines is 2. The van der Waals surface area contributed by atoms with Crippen molar-refractivity contribution in [2.45, 2.75) is 51.8 Å². The van der Waals surface area contributed by atoms with Gasteiger partial charge in [0, 0.05) is 18.5 Å². The number of rotatable bonds is 5. The molecule has 1 N–H and O–H groups in total. The van der Waals surface area contributed by atoms with Crippen LogP contribution in [0.25, 0.3) is 5.52 Å². The van der Waals surface area contributed by atoms with Gasteiger partial charge >= 0.3 is 6.36 Å². The molecule has 1 fully saturated rings. The minimum absolute atomic E-state index is 0.0982. The molecule has 0 aromatic carbocycles. The number of nitrogens with zero attached hydrogens (tertiary/aromatic N) is 5. The van der Waals surface area contributed by atoms with Crippen molar-refractivity contribution in [3.05, 3.63) is 42.3 Å². The molecule has 0 aliphatic carbocycles. The smallest absolute Gasteiger partial charge is 0.372 e. The lowest BCUT2D eigenvalue weighted by molar-refractivity contribution is -0.330. The normalized spacial score (nSPS) is 17.7. The van der Waals surface area contributed by atoms with Crippen LogP contribution in [-0.2, 0) is 21.6 Å². The Hall–Kier alpha value is -2.66. The van der Waals surface area contributed by atoms with Gasteiger partial charge in [0.05, 0.1) is 23.5 Å². The van der Waals surface area contributed by atoms with Crippen molar-refractivity contribution in [2.75, 3.05) is 11.9 Å². The van der Waals surface area contributed by atoms with Gasteiger partial charge in [0.25, 0.3) is 0 Å². The fourth-order valence-corrected chi connectivity index (χ4v) is 3.25. The summed E-state index contributed by atoms with van der Waals surface area (Å²) >= 11 is 0. The maximum Gasteiger partial charge on any atom is 0.522 e. The Kier molecular flexibility index (Phi) is 5.18. The maximum atomic E-state index is 12.3. The molecule has 1 radical (unpaired) electrons. The molecule has 161 valence electrons. The largest absolute Gasteiger partial charge is 0.522 e. The van der Waals surface area contributed by atoms with E-state index in [-0.39, 0.29) is 17.3 Å². The molecule has 11 heteroatoms. The van der Waals surface area contributed by atoms with Crippen molar-refractivity contribution in [3.63, 3.8) is 0 Å². The quantitative estimate of drug-likeness (QED) is 0.665. The molecule has 3 aromatic heterocycles. The summed E-state index contributed by atoms with van der Waals surface area (Å²) in [6, 6.07) is 3.42. The van der Waals surface area contributed by atoms with E-state index < -0.39 is 13.0 Å². The first-order valence-electron chi connectivity index (χ1n) is 9.45. The fourth-order valence-electron chi connectivity index (χ4n) is 3.25. The second-order valence-electron chi connectivity index (χ2n) is 7.98. The highest BCUT2D eigenvalue weighted by Gasteiger charge is 2.30. The van der Waals surface area contributed by atoms with Gasteiger partial charge in [0.2, 0.25) is 0 Å². The monoisotopic (exact) mass is 423 g/mol. The zero-order valence-corrected chi connectivity index (χ0v) is 16.8. The van der Waals surface area contributed by atoms with Crippen LogP contribution < -0.4 is 5.32 Å². The van der Waals surface area contributed by atoms with E-state index in [1.807, 2.05) is 31.5 Å². The Morgan fingerprint density at radius 3 is 2.70 bits per heavy atom. The molecule has 1 aliphatic rings. The molecule has 3 aromatic rings. The summed E-state index contributed by atoms with van der Waals surface area (Å²) < 4.78 is 49.9. The lowest BCUT2D eigenvalue weighted by atomic mass is 10.1. The van der Waals surface area contributed by atoms with Crippen LogP contribution in [0.1, 0.15) is 44.7 Å². The summed E-state index contributed by atoms with van der Waals surface area (Å²) in [4.78, 5) is 4.34. The van der Waals surface area contributed by atoms with Crippen molar-refractivity contribution >= 4 is 17.2 Å². The van der Waals surface area contributed by atoms with E-state index >= 15 is 0 Å². The third-order valence-corrected chi connectivity index (χ3v) is 4.56. The van der Waals surface area contributed by atoms with Gasteiger partial charge < -0.3 is 10.1 Å². The number of nitrogens with one attached hydrogen (secondary N) is 1. The average Bonchev–Trinajstić information content (AvgIpc) is 3.37. The Balaban J connectivity index is 1.65. The van der Waals surface area contributed by atoms with E-state index in [0.717, 1.165) is 12.1 Å². The highest BCUT2D eigenvalue weighted by Crippen LogP contribution is 2.32. The summed E-state index contributed by atoms with van der Waals surface area (Å²) in [6.45, 7) is 5.99. The highest BCUT2D eigenvalue weighted by atomic mass is 19.4. The van der Waals surface area contributed by atoms with Crippen molar-refractivity contribution in [1.29, 1.82) is 0 Å². The zero-order chi connectivity index (χ0) is 21.5. The van der Waals surface area contributed by atoms with Gasteiger partial charge in [-0.1, -0.05) is 0 Å². The number of aromatic nitrogens is 5. The fraction of sp³-hybridized carbons (Fsp3) is 0.474. The van der Waals surface area contributed by atoms with Gasteiger partial charge in [-0.25, -0.2) is 14.2 Å². The number of halogens is 3. The van der Waals surface area contributed by atoms with E-state index in [0.29, 0.717) is 23.8 Å². The lowest BCUT2D eigenvalue weighted by Gasteiger charge is -2.22. The predicted octanol–water partition coefficient (Wildman–Crippen LogP) is 4.13. The topological polar surface area (TPSA) is 78.5 Å². The van der Waals surface area contributed by atoms with Crippen LogP contribution in [0, 0.1) is 6.42 Å². The molecule has 0 amide bonds. The van der Waals surface area contributed by atoms with Crippen molar-refractivity contribution in [1.82, 2.24) is 24.4 Å². The highest BCUT2D eigenvalue weighted by molar-refractivity contribution is 5.72. The molecule has 1 atom stereocenters. The molecule has 1 saturated heterocycles. The third kappa shape index (κ3) is 4.41. The molecule has 1 aliphatic heterocycles. The van der Waals surface area contributed by atoms with Gasteiger partial charge in [-0.3, -0.25) is 4.74 Å². The van der Waals surface area contributed by atoms with Gasteiger partial charge in [0.15, 0.2) is 5.82 Å². The second kappa shape index (κ2) is 7.55. The van der Waals surface area contributed by atoms with Crippen molar-refractivity contribution in [3.8, 4) is 0 Å². The molecular formula is C19H22F3N6O2. The number of hydrogen-bond acceptors (Lipinski definition) is 6. The summed E-state index contributed by atoms with van der Waals surface area (Å²) in [5.41, 5.74) is 1.15. The second-order valence-corrected chi connectivity index (χ2v) is 7.98. The van der Waals surface area contributed by atoms with Crippen molar-refractivity contribution in [2.24, 2.45) is 0 Å². The summed E-state index contributed by atoms with van der Waals surface area (Å²) in [6.07, 6.45) is 1.12. The van der Waals surface area contributed by atoms with Crippen LogP contribution in [0.2, 0.25) is 0 Å². The molecule has 0 unspecified atom stereocenters. The molecule has 0 saturated carbocycles. The molecule has 0 spiro atoms. The average molecular weight is 423 g/mol. The van der Waals surface area contributed by atoms with E-state index in [1.54, 1.807) is 6.20 Å². The Labute approximate surface area is 171 Å². The molecule has 0 bridgehead atoms. The first kappa shape index (κ1) is 20.6. The predicted molar refractivity (Wildman–Crippen MR) is 102 cm³/mol. The number of hydrogen-bond donors (Lipinski definition) is 1. The van der Waals surface area contributed by atoms with Gasteiger partial charge in [-0.2, -0.15) is 10.2 Å². The minimum Gasteiger partial charge on any atom is -0.372 e. The third-order valence-electron chi connectivity index (χ3n) is 4.56. The van der Waals surface area contributed by atoms with E-state index in [1.165, 1.54) is 16.8 Å². The van der Waals surface area contributed by atoms with Gasteiger partial charge in [-0.15, -0.1) is 13.2 Å². The first-order chi connectivity index (χ1) is 14.1.